The summed E-state index contributed by atoms with van der Waals surface area (Å²) in [5.41, 5.74) is 5.17. The lowest BCUT2D eigenvalue weighted by Gasteiger charge is -2.35. The number of carbonyl (C=O) groups is 4. The monoisotopic (exact) mass is 818 g/mol. The van der Waals surface area contributed by atoms with E-state index < -0.39 is 59.5 Å². The lowest BCUT2D eigenvalue weighted by Crippen LogP contribution is -2.46. The van der Waals surface area contributed by atoms with Gasteiger partial charge >= 0.3 is 18.2 Å². The van der Waals surface area contributed by atoms with Crippen molar-refractivity contribution in [3.63, 3.8) is 0 Å². The Morgan fingerprint density at radius 3 is 2.31 bits per heavy atom. The molecule has 3 amide bonds. The molecule has 0 bridgehead atoms. The predicted molar refractivity (Wildman–Crippen MR) is 197 cm³/mol. The van der Waals surface area contributed by atoms with Crippen LogP contribution in [0, 0.1) is 5.92 Å². The van der Waals surface area contributed by atoms with Crippen molar-refractivity contribution in [2.45, 2.75) is 84.6 Å². The minimum absolute atomic E-state index is 0.0633. The molecule has 54 heavy (non-hydrogen) atoms. The van der Waals surface area contributed by atoms with E-state index in [2.05, 4.69) is 27.8 Å². The van der Waals surface area contributed by atoms with Crippen LogP contribution >= 0.6 is 15.9 Å². The molecule has 0 aliphatic carbocycles. The Hall–Kier alpha value is -5.03. The molecule has 4 rings (SSSR count). The highest BCUT2D eigenvalue weighted by atomic mass is 79.9. The lowest BCUT2D eigenvalue weighted by molar-refractivity contribution is -0.171. The third-order valence-electron chi connectivity index (χ3n) is 8.86. The van der Waals surface area contributed by atoms with E-state index in [1.54, 1.807) is 40.7 Å². The van der Waals surface area contributed by atoms with E-state index in [1.807, 2.05) is 0 Å². The number of halogens is 4. The quantitative estimate of drug-likeness (QED) is 0.132. The standard InChI is InChI=1S/C37H42BrF3N6O7/c1-8-20(5)43-35-44-28-18-46(32(49)23-12-15-27(38)26(17-23)37(39,40)41)21(6)16-25(28)33(50)47(35)24-13-10-22(11-14-24)31(48)45(7)36(52)54-29(9-2)53-34(51)30(42)19(3)4/h8,10-15,17,19-21,29-30H,1,9,16,18,42H2,2-7H3,(H,43,44)/t20-,21+,29-,30-/m0/s1. The molecule has 1 aromatic heterocycles. The smallest absolute Gasteiger partial charge is 0.419 e. The summed E-state index contributed by atoms with van der Waals surface area (Å²) in [4.78, 5) is 72.8. The maximum atomic E-state index is 14.1. The molecule has 1 aliphatic rings. The number of carbonyl (C=O) groups excluding carboxylic acids is 4. The first-order valence-electron chi connectivity index (χ1n) is 17.1. The van der Waals surface area contributed by atoms with Crippen molar-refractivity contribution >= 4 is 45.8 Å². The molecule has 3 N–H and O–H groups in total. The van der Waals surface area contributed by atoms with Crippen molar-refractivity contribution in [2.24, 2.45) is 11.7 Å². The van der Waals surface area contributed by atoms with Gasteiger partial charge in [-0.3, -0.25) is 19.2 Å². The summed E-state index contributed by atoms with van der Waals surface area (Å²) in [5.74, 6) is -2.26. The molecule has 4 atom stereocenters. The second kappa shape index (κ2) is 17.0. The number of hydrogen-bond acceptors (Lipinski definition) is 10. The van der Waals surface area contributed by atoms with Crippen molar-refractivity contribution in [3.05, 3.63) is 97.9 Å². The van der Waals surface area contributed by atoms with Gasteiger partial charge in [-0.2, -0.15) is 13.2 Å². The summed E-state index contributed by atoms with van der Waals surface area (Å²) in [7, 11) is 1.20. The second-order valence-electron chi connectivity index (χ2n) is 13.2. The number of amides is 3. The fourth-order valence-electron chi connectivity index (χ4n) is 5.46. The number of ether oxygens (including phenoxy) is 2. The number of fused-ring (bicyclic) bond motifs is 1. The average molecular weight is 820 g/mol. The highest BCUT2D eigenvalue weighted by Crippen LogP contribution is 2.36. The van der Waals surface area contributed by atoms with Crippen LogP contribution in [0.3, 0.4) is 0 Å². The molecule has 0 saturated heterocycles. The molecule has 2 aromatic carbocycles. The summed E-state index contributed by atoms with van der Waals surface area (Å²) in [5, 5.41) is 3.11. The van der Waals surface area contributed by atoms with E-state index in [9.17, 15) is 37.1 Å². The van der Waals surface area contributed by atoms with Crippen molar-refractivity contribution in [1.29, 1.82) is 0 Å². The highest BCUT2D eigenvalue weighted by molar-refractivity contribution is 9.10. The van der Waals surface area contributed by atoms with Crippen LogP contribution in [0.2, 0.25) is 0 Å². The molecule has 17 heteroatoms. The molecule has 0 unspecified atom stereocenters. The summed E-state index contributed by atoms with van der Waals surface area (Å²) < 4.78 is 52.3. The van der Waals surface area contributed by atoms with E-state index in [0.29, 0.717) is 16.2 Å². The Labute approximate surface area is 318 Å². The Morgan fingerprint density at radius 1 is 1.11 bits per heavy atom. The van der Waals surface area contributed by atoms with E-state index in [0.717, 1.165) is 6.07 Å². The van der Waals surface area contributed by atoms with Crippen LogP contribution in [0.15, 0.2) is 64.4 Å². The van der Waals surface area contributed by atoms with Crippen LogP contribution in [-0.2, 0) is 33.4 Å². The number of nitrogens with one attached hydrogen (secondary N) is 1. The summed E-state index contributed by atoms with van der Waals surface area (Å²) in [6.45, 7) is 12.2. The minimum atomic E-state index is -4.68. The van der Waals surface area contributed by atoms with Gasteiger partial charge in [0.2, 0.25) is 12.2 Å². The van der Waals surface area contributed by atoms with Gasteiger partial charge in [0.1, 0.15) is 6.04 Å². The van der Waals surface area contributed by atoms with Gasteiger partial charge in [-0.1, -0.05) is 42.8 Å². The van der Waals surface area contributed by atoms with Crippen LogP contribution < -0.4 is 16.6 Å². The predicted octanol–water partition coefficient (Wildman–Crippen LogP) is 6.06. The van der Waals surface area contributed by atoms with Crippen LogP contribution in [0.25, 0.3) is 5.69 Å². The van der Waals surface area contributed by atoms with E-state index in [1.165, 1.54) is 52.9 Å². The van der Waals surface area contributed by atoms with Gasteiger partial charge in [0.05, 0.1) is 23.5 Å². The van der Waals surface area contributed by atoms with Gasteiger partial charge in [-0.05, 0) is 68.7 Å². The SMILES string of the molecule is C=C[C@H](C)Nc1nc2c(c(=O)n1-c1ccc(C(=O)N(C)C(=O)O[C@@H](CC)OC(=O)[C@@H](N)C(C)C)cc1)C[C@@H](C)N(C(=O)c1ccc(Br)c(C(F)(F)F)c1)C2. The maximum Gasteiger partial charge on any atom is 0.419 e. The molecule has 0 fully saturated rings. The average Bonchev–Trinajstić information content (AvgIpc) is 3.13. The Kier molecular flexibility index (Phi) is 13.1. The number of benzene rings is 2. The van der Waals surface area contributed by atoms with Gasteiger partial charge in [0.15, 0.2) is 0 Å². The van der Waals surface area contributed by atoms with Crippen LogP contribution in [0.1, 0.15) is 78.6 Å². The molecule has 0 saturated carbocycles. The Bertz CT molecular complexity index is 1990. The zero-order valence-electron chi connectivity index (χ0n) is 30.6. The number of imide groups is 1. The van der Waals surface area contributed by atoms with Gasteiger partial charge in [0.25, 0.3) is 17.4 Å². The van der Waals surface area contributed by atoms with Crippen LogP contribution in [-0.4, -0.2) is 74.7 Å². The van der Waals surface area contributed by atoms with Gasteiger partial charge in [0, 0.05) is 46.7 Å². The summed E-state index contributed by atoms with van der Waals surface area (Å²) in [6.07, 6.45) is -5.26. The van der Waals surface area contributed by atoms with E-state index >= 15 is 0 Å². The van der Waals surface area contributed by atoms with Crippen molar-refractivity contribution in [3.8, 4) is 5.69 Å². The second-order valence-corrected chi connectivity index (χ2v) is 14.0. The first kappa shape index (κ1) is 41.7. The maximum absolute atomic E-state index is 14.1. The van der Waals surface area contributed by atoms with Crippen LogP contribution in [0.4, 0.5) is 23.9 Å². The molecule has 3 aromatic rings. The van der Waals surface area contributed by atoms with Gasteiger partial charge in [-0.15, -0.1) is 6.58 Å². The number of rotatable bonds is 11. The van der Waals surface area contributed by atoms with E-state index in [4.69, 9.17) is 20.2 Å². The number of anilines is 1. The first-order chi connectivity index (χ1) is 25.3. The molecule has 0 radical (unpaired) electrons. The molecule has 2 heterocycles. The lowest BCUT2D eigenvalue weighted by atomic mass is 9.98. The molecule has 1 aliphatic heterocycles. The van der Waals surface area contributed by atoms with Crippen molar-refractivity contribution in [2.75, 3.05) is 12.4 Å². The molecule has 0 spiro atoms. The zero-order valence-corrected chi connectivity index (χ0v) is 32.2. The number of nitrogens with zero attached hydrogens (tertiary/aromatic N) is 4. The number of esters is 1. The van der Waals surface area contributed by atoms with Crippen LogP contribution in [0.5, 0.6) is 0 Å². The first-order valence-corrected chi connectivity index (χ1v) is 17.8. The number of aromatic nitrogens is 2. The number of hydrogen-bond donors (Lipinski definition) is 2. The topological polar surface area (TPSA) is 166 Å². The third kappa shape index (κ3) is 9.18. The van der Waals surface area contributed by atoms with E-state index in [-0.39, 0.29) is 58.6 Å². The van der Waals surface area contributed by atoms with Crippen molar-refractivity contribution < 1.29 is 41.8 Å². The Balaban J connectivity index is 1.61. The van der Waals surface area contributed by atoms with Gasteiger partial charge < -0.3 is 25.4 Å². The Morgan fingerprint density at radius 2 is 1.74 bits per heavy atom. The fourth-order valence-corrected chi connectivity index (χ4v) is 5.93. The summed E-state index contributed by atoms with van der Waals surface area (Å²) >= 11 is 2.90. The number of alkyl halides is 3. The molecular formula is C37H42BrF3N6O7. The highest BCUT2D eigenvalue weighted by Gasteiger charge is 2.36. The number of nitrogens with two attached hydrogens (primary N) is 1. The molecular weight excluding hydrogens is 777 g/mol. The molecule has 290 valence electrons. The van der Waals surface area contributed by atoms with Gasteiger partial charge in [-0.25, -0.2) is 19.2 Å². The normalized spacial score (nSPS) is 15.8. The summed E-state index contributed by atoms with van der Waals surface area (Å²) in [6, 6.07) is 7.17. The minimum Gasteiger partial charge on any atom is -0.424 e. The van der Waals surface area contributed by atoms with Crippen molar-refractivity contribution in [1.82, 2.24) is 19.4 Å². The molecule has 13 nitrogen and oxygen atoms in total. The fraction of sp³-hybridized carbons (Fsp3) is 0.405. The zero-order chi connectivity index (χ0) is 40.2. The largest absolute Gasteiger partial charge is 0.424 e. The third-order valence-corrected chi connectivity index (χ3v) is 9.55.